The first kappa shape index (κ1) is 13.4. The number of methoxy groups -OCH3 is 1. The van der Waals surface area contributed by atoms with E-state index in [-0.39, 0.29) is 5.56 Å². The Morgan fingerprint density at radius 3 is 2.79 bits per heavy atom. The lowest BCUT2D eigenvalue weighted by Gasteiger charge is -2.08. The molecular formula is C13H13NO4S. The quantitative estimate of drug-likeness (QED) is 0.910. The van der Waals surface area contributed by atoms with E-state index < -0.39 is 5.97 Å². The molecule has 0 saturated heterocycles. The molecule has 0 unspecified atom stereocenters. The number of carboxylic acids is 1. The van der Waals surface area contributed by atoms with E-state index in [4.69, 9.17) is 14.6 Å². The van der Waals surface area contributed by atoms with Gasteiger partial charge in [0.2, 0.25) is 0 Å². The zero-order valence-corrected chi connectivity index (χ0v) is 11.4. The normalized spacial score (nSPS) is 10.2. The molecule has 100 valence electrons. The zero-order chi connectivity index (χ0) is 13.8. The van der Waals surface area contributed by atoms with Gasteiger partial charge in [0, 0.05) is 5.38 Å². The SMILES string of the molecule is CCc1csc(Oc2ccc(C(=O)O)cc2OC)n1. The summed E-state index contributed by atoms with van der Waals surface area (Å²) in [5, 5.41) is 11.4. The number of nitrogens with zero attached hydrogens (tertiary/aromatic N) is 1. The molecular weight excluding hydrogens is 266 g/mol. The highest BCUT2D eigenvalue weighted by Gasteiger charge is 2.12. The van der Waals surface area contributed by atoms with Gasteiger partial charge in [0.1, 0.15) is 0 Å². The summed E-state index contributed by atoms with van der Waals surface area (Å²) in [6, 6.07) is 4.45. The van der Waals surface area contributed by atoms with Gasteiger partial charge in [-0.05, 0) is 24.6 Å². The van der Waals surface area contributed by atoms with Crippen molar-refractivity contribution in [2.45, 2.75) is 13.3 Å². The molecule has 2 rings (SSSR count). The molecule has 1 aromatic heterocycles. The van der Waals surface area contributed by atoms with Gasteiger partial charge in [-0.25, -0.2) is 9.78 Å². The summed E-state index contributed by atoms with van der Waals surface area (Å²) in [4.78, 5) is 15.2. The largest absolute Gasteiger partial charge is 0.493 e. The number of hydrogen-bond acceptors (Lipinski definition) is 5. The van der Waals surface area contributed by atoms with Gasteiger partial charge < -0.3 is 14.6 Å². The molecule has 19 heavy (non-hydrogen) atoms. The fourth-order valence-electron chi connectivity index (χ4n) is 1.48. The molecule has 0 bridgehead atoms. The van der Waals surface area contributed by atoms with Gasteiger partial charge in [-0.15, -0.1) is 0 Å². The van der Waals surface area contributed by atoms with Gasteiger partial charge in [0.15, 0.2) is 11.5 Å². The minimum Gasteiger partial charge on any atom is -0.493 e. The molecule has 1 heterocycles. The summed E-state index contributed by atoms with van der Waals surface area (Å²) in [6.07, 6.45) is 0.842. The Morgan fingerprint density at radius 1 is 1.42 bits per heavy atom. The second kappa shape index (κ2) is 5.71. The van der Waals surface area contributed by atoms with Crippen LogP contribution in [0.4, 0.5) is 0 Å². The van der Waals surface area contributed by atoms with Crippen LogP contribution in [0.1, 0.15) is 23.0 Å². The third-order valence-electron chi connectivity index (χ3n) is 2.50. The van der Waals surface area contributed by atoms with E-state index in [1.54, 1.807) is 6.07 Å². The lowest BCUT2D eigenvalue weighted by atomic mass is 10.2. The number of carboxylic acid groups (broad SMARTS) is 1. The molecule has 2 aromatic rings. The van der Waals surface area contributed by atoms with Crippen LogP contribution in [-0.4, -0.2) is 23.2 Å². The molecule has 0 amide bonds. The van der Waals surface area contributed by atoms with Gasteiger partial charge >= 0.3 is 5.97 Å². The average Bonchev–Trinajstić information content (AvgIpc) is 2.86. The van der Waals surface area contributed by atoms with E-state index in [0.717, 1.165) is 12.1 Å². The van der Waals surface area contributed by atoms with Crippen LogP contribution in [0.5, 0.6) is 16.7 Å². The smallest absolute Gasteiger partial charge is 0.335 e. The maximum Gasteiger partial charge on any atom is 0.335 e. The van der Waals surface area contributed by atoms with Crippen molar-refractivity contribution in [2.24, 2.45) is 0 Å². The molecule has 6 heteroatoms. The Morgan fingerprint density at radius 2 is 2.21 bits per heavy atom. The minimum absolute atomic E-state index is 0.151. The van der Waals surface area contributed by atoms with Crippen LogP contribution in [0.25, 0.3) is 0 Å². The molecule has 5 nitrogen and oxygen atoms in total. The Bertz CT molecular complexity index is 594. The second-order valence-electron chi connectivity index (χ2n) is 3.73. The van der Waals surface area contributed by atoms with Crippen molar-refractivity contribution in [3.63, 3.8) is 0 Å². The lowest BCUT2D eigenvalue weighted by molar-refractivity contribution is 0.0696. The van der Waals surface area contributed by atoms with Crippen LogP contribution in [0.15, 0.2) is 23.6 Å². The van der Waals surface area contributed by atoms with Gasteiger partial charge in [-0.1, -0.05) is 18.3 Å². The average molecular weight is 279 g/mol. The number of thiazole rings is 1. The van der Waals surface area contributed by atoms with E-state index in [1.807, 2.05) is 12.3 Å². The number of aromatic carboxylic acids is 1. The topological polar surface area (TPSA) is 68.7 Å². The fraction of sp³-hybridized carbons (Fsp3) is 0.231. The number of aromatic nitrogens is 1. The highest BCUT2D eigenvalue weighted by atomic mass is 32.1. The molecule has 1 N–H and O–H groups in total. The zero-order valence-electron chi connectivity index (χ0n) is 10.5. The number of ether oxygens (including phenoxy) is 2. The minimum atomic E-state index is -1.01. The monoisotopic (exact) mass is 279 g/mol. The summed E-state index contributed by atoms with van der Waals surface area (Å²) >= 11 is 1.39. The third-order valence-corrected chi connectivity index (χ3v) is 3.27. The van der Waals surface area contributed by atoms with Crippen molar-refractivity contribution in [1.29, 1.82) is 0 Å². The highest BCUT2D eigenvalue weighted by Crippen LogP contribution is 2.33. The van der Waals surface area contributed by atoms with Crippen LogP contribution in [-0.2, 0) is 6.42 Å². The van der Waals surface area contributed by atoms with Crippen molar-refractivity contribution in [3.8, 4) is 16.7 Å². The molecule has 0 aliphatic rings. The summed E-state index contributed by atoms with van der Waals surface area (Å²) in [7, 11) is 1.47. The summed E-state index contributed by atoms with van der Waals surface area (Å²) in [6.45, 7) is 2.01. The molecule has 0 spiro atoms. The molecule has 0 saturated carbocycles. The van der Waals surface area contributed by atoms with Crippen molar-refractivity contribution >= 4 is 17.3 Å². The highest BCUT2D eigenvalue weighted by molar-refractivity contribution is 7.11. The first-order valence-corrected chi connectivity index (χ1v) is 6.55. The van der Waals surface area contributed by atoms with Gasteiger partial charge in [0.05, 0.1) is 18.4 Å². The van der Waals surface area contributed by atoms with Gasteiger partial charge in [0.25, 0.3) is 5.19 Å². The number of rotatable bonds is 5. The second-order valence-corrected chi connectivity index (χ2v) is 4.55. The van der Waals surface area contributed by atoms with E-state index >= 15 is 0 Å². The van der Waals surface area contributed by atoms with E-state index in [0.29, 0.717) is 16.7 Å². The Kier molecular flexibility index (Phi) is 4.01. The maximum atomic E-state index is 10.9. The van der Waals surface area contributed by atoms with Crippen LogP contribution in [0.2, 0.25) is 0 Å². The molecule has 0 atom stereocenters. The number of carbonyl (C=O) groups is 1. The number of benzene rings is 1. The molecule has 0 fully saturated rings. The van der Waals surface area contributed by atoms with E-state index in [1.165, 1.54) is 30.6 Å². The van der Waals surface area contributed by atoms with E-state index in [9.17, 15) is 4.79 Å². The third kappa shape index (κ3) is 3.03. The standard InChI is InChI=1S/C13H13NO4S/c1-3-9-7-19-13(14-9)18-10-5-4-8(12(15)16)6-11(10)17-2/h4-7H,3H2,1-2H3,(H,15,16). The Balaban J connectivity index is 2.26. The van der Waals surface area contributed by atoms with Crippen LogP contribution in [0, 0.1) is 0 Å². The fourth-order valence-corrected chi connectivity index (χ4v) is 2.24. The first-order chi connectivity index (χ1) is 9.13. The van der Waals surface area contributed by atoms with Crippen molar-refractivity contribution in [1.82, 2.24) is 4.98 Å². The van der Waals surface area contributed by atoms with Crippen LogP contribution >= 0.6 is 11.3 Å². The van der Waals surface area contributed by atoms with Crippen LogP contribution in [0.3, 0.4) is 0 Å². The predicted octanol–water partition coefficient (Wildman–Crippen LogP) is 3.20. The lowest BCUT2D eigenvalue weighted by Crippen LogP contribution is -1.98. The molecule has 0 radical (unpaired) electrons. The molecule has 0 aliphatic heterocycles. The van der Waals surface area contributed by atoms with Crippen molar-refractivity contribution < 1.29 is 19.4 Å². The first-order valence-electron chi connectivity index (χ1n) is 5.67. The van der Waals surface area contributed by atoms with E-state index in [2.05, 4.69) is 4.98 Å². The summed E-state index contributed by atoms with van der Waals surface area (Å²) in [5.41, 5.74) is 1.11. The molecule has 0 aliphatic carbocycles. The summed E-state index contributed by atoms with van der Waals surface area (Å²) < 4.78 is 10.7. The van der Waals surface area contributed by atoms with Crippen molar-refractivity contribution in [3.05, 3.63) is 34.8 Å². The van der Waals surface area contributed by atoms with Crippen LogP contribution < -0.4 is 9.47 Å². The predicted molar refractivity (Wildman–Crippen MR) is 71.5 cm³/mol. The van der Waals surface area contributed by atoms with Crippen molar-refractivity contribution in [2.75, 3.05) is 7.11 Å². The number of aryl methyl sites for hydroxylation is 1. The molecule has 1 aromatic carbocycles. The Labute approximate surface area is 114 Å². The maximum absolute atomic E-state index is 10.9. The van der Waals surface area contributed by atoms with Gasteiger partial charge in [-0.3, -0.25) is 0 Å². The van der Waals surface area contributed by atoms with Gasteiger partial charge in [-0.2, -0.15) is 0 Å². The Hall–Kier alpha value is -2.08. The number of hydrogen-bond donors (Lipinski definition) is 1. The summed E-state index contributed by atoms with van der Waals surface area (Å²) in [5.74, 6) is -0.190.